The Labute approximate surface area is 150 Å². The molecule has 4 aliphatic carbocycles. The second-order valence-corrected chi connectivity index (χ2v) is 10.5. The van der Waals surface area contributed by atoms with Crippen LogP contribution < -0.4 is 5.73 Å². The van der Waals surface area contributed by atoms with Crippen LogP contribution in [0.15, 0.2) is 0 Å². The Kier molecular flexibility index (Phi) is 5.02. The Bertz CT molecular complexity index is 404. The van der Waals surface area contributed by atoms with Gasteiger partial charge in [-0.15, -0.1) is 0 Å². The highest BCUT2D eigenvalue weighted by atomic mass is 14.8. The summed E-state index contributed by atoms with van der Waals surface area (Å²) in [5, 5.41) is 0. The van der Waals surface area contributed by atoms with E-state index < -0.39 is 0 Å². The van der Waals surface area contributed by atoms with Crippen LogP contribution in [0.25, 0.3) is 0 Å². The van der Waals surface area contributed by atoms with Crippen LogP contribution >= 0.6 is 0 Å². The number of hydrogen-bond donors (Lipinski definition) is 1. The summed E-state index contributed by atoms with van der Waals surface area (Å²) in [6.07, 6.45) is 28.0. The fourth-order valence-electron chi connectivity index (χ4n) is 7.36. The number of rotatable bonds is 1. The van der Waals surface area contributed by atoms with Gasteiger partial charge in [0.15, 0.2) is 0 Å². The monoisotopic (exact) mass is 331 g/mol. The van der Waals surface area contributed by atoms with Gasteiger partial charge in [-0.3, -0.25) is 0 Å². The molecule has 138 valence electrons. The van der Waals surface area contributed by atoms with E-state index in [0.29, 0.717) is 0 Å². The highest BCUT2D eigenvalue weighted by Crippen LogP contribution is 2.54. The standard InChI is InChI=1S/C23H41N/c24-23(15-7-14-21(18-19-23)12-5-6-13-21)20-8-16-22(17-9-20)10-3-1-2-4-11-22/h20H,1-19,24H2. The lowest BCUT2D eigenvalue weighted by molar-refractivity contribution is 0.0795. The van der Waals surface area contributed by atoms with Crippen LogP contribution in [0.1, 0.15) is 122 Å². The highest BCUT2D eigenvalue weighted by Gasteiger charge is 2.45. The summed E-state index contributed by atoms with van der Waals surface area (Å²) in [5.74, 6) is 0.836. The van der Waals surface area contributed by atoms with Crippen molar-refractivity contribution in [1.29, 1.82) is 0 Å². The van der Waals surface area contributed by atoms with Gasteiger partial charge in [0.2, 0.25) is 0 Å². The molecule has 0 saturated heterocycles. The molecular weight excluding hydrogens is 290 g/mol. The van der Waals surface area contributed by atoms with Gasteiger partial charge in [-0.2, -0.15) is 0 Å². The molecule has 0 aromatic heterocycles. The molecule has 0 radical (unpaired) electrons. The number of hydrogen-bond acceptors (Lipinski definition) is 1. The van der Waals surface area contributed by atoms with E-state index in [1.807, 2.05) is 0 Å². The third-order valence-electron chi connectivity index (χ3n) is 9.16. The maximum absolute atomic E-state index is 7.13. The van der Waals surface area contributed by atoms with Gasteiger partial charge in [-0.1, -0.05) is 44.9 Å². The Balaban J connectivity index is 1.37. The molecule has 0 aliphatic heterocycles. The third kappa shape index (κ3) is 3.44. The van der Waals surface area contributed by atoms with E-state index in [2.05, 4.69) is 0 Å². The zero-order valence-electron chi connectivity index (χ0n) is 16.1. The Hall–Kier alpha value is -0.0400. The van der Waals surface area contributed by atoms with Gasteiger partial charge in [-0.05, 0) is 93.8 Å². The Morgan fingerprint density at radius 1 is 0.458 bits per heavy atom. The van der Waals surface area contributed by atoms with Crippen molar-refractivity contribution in [3.8, 4) is 0 Å². The van der Waals surface area contributed by atoms with Gasteiger partial charge in [0.05, 0.1) is 0 Å². The first-order valence-electron chi connectivity index (χ1n) is 11.4. The van der Waals surface area contributed by atoms with Crippen molar-refractivity contribution in [1.82, 2.24) is 0 Å². The minimum Gasteiger partial charge on any atom is -0.325 e. The van der Waals surface area contributed by atoms with Crippen LogP contribution in [0.4, 0.5) is 0 Å². The SMILES string of the molecule is NC1(C2CCC3(CCCCCC3)CC2)CCCC2(CCCC2)CC1. The third-order valence-corrected chi connectivity index (χ3v) is 9.16. The summed E-state index contributed by atoms with van der Waals surface area (Å²) in [5.41, 5.74) is 8.78. The minimum absolute atomic E-state index is 0.193. The predicted molar refractivity (Wildman–Crippen MR) is 103 cm³/mol. The fraction of sp³-hybridized carbons (Fsp3) is 1.00. The Morgan fingerprint density at radius 3 is 1.58 bits per heavy atom. The van der Waals surface area contributed by atoms with Gasteiger partial charge in [0, 0.05) is 5.54 Å². The number of nitrogens with two attached hydrogens (primary N) is 1. The normalized spacial score (nSPS) is 37.4. The van der Waals surface area contributed by atoms with Crippen LogP contribution in [0.2, 0.25) is 0 Å². The zero-order valence-corrected chi connectivity index (χ0v) is 16.1. The van der Waals surface area contributed by atoms with Crippen molar-refractivity contribution in [3.05, 3.63) is 0 Å². The van der Waals surface area contributed by atoms with Crippen LogP contribution in [0.3, 0.4) is 0 Å². The summed E-state index contributed by atoms with van der Waals surface area (Å²) < 4.78 is 0. The van der Waals surface area contributed by atoms with Crippen molar-refractivity contribution >= 4 is 0 Å². The molecule has 1 unspecified atom stereocenters. The molecular formula is C23H41N. The molecule has 2 N–H and O–H groups in total. The van der Waals surface area contributed by atoms with Crippen molar-refractivity contribution in [3.63, 3.8) is 0 Å². The molecule has 1 nitrogen and oxygen atoms in total. The summed E-state index contributed by atoms with van der Waals surface area (Å²) in [6.45, 7) is 0. The lowest BCUT2D eigenvalue weighted by Crippen LogP contribution is -2.49. The van der Waals surface area contributed by atoms with Crippen molar-refractivity contribution in [2.24, 2.45) is 22.5 Å². The van der Waals surface area contributed by atoms with Gasteiger partial charge >= 0.3 is 0 Å². The summed E-state index contributed by atoms with van der Waals surface area (Å²) in [6, 6.07) is 0. The molecule has 0 amide bonds. The summed E-state index contributed by atoms with van der Waals surface area (Å²) in [4.78, 5) is 0. The Morgan fingerprint density at radius 2 is 0.958 bits per heavy atom. The molecule has 1 atom stereocenters. The van der Waals surface area contributed by atoms with Gasteiger partial charge in [0.1, 0.15) is 0 Å². The molecule has 4 saturated carbocycles. The molecule has 4 aliphatic rings. The molecule has 0 heterocycles. The first kappa shape index (κ1) is 17.4. The lowest BCUT2D eigenvalue weighted by Gasteiger charge is -2.46. The van der Waals surface area contributed by atoms with Crippen molar-refractivity contribution in [2.75, 3.05) is 0 Å². The van der Waals surface area contributed by atoms with Gasteiger partial charge in [-0.25, -0.2) is 0 Å². The second kappa shape index (κ2) is 6.93. The maximum atomic E-state index is 7.13. The van der Waals surface area contributed by atoms with Gasteiger partial charge < -0.3 is 5.73 Å². The van der Waals surface area contributed by atoms with Crippen molar-refractivity contribution < 1.29 is 0 Å². The average Bonchev–Trinajstić information content (AvgIpc) is 2.84. The molecule has 1 heteroatoms. The summed E-state index contributed by atoms with van der Waals surface area (Å²) in [7, 11) is 0. The molecule has 4 fully saturated rings. The van der Waals surface area contributed by atoms with E-state index in [0.717, 1.165) is 16.7 Å². The molecule has 0 aromatic carbocycles. The first-order chi connectivity index (χ1) is 11.6. The van der Waals surface area contributed by atoms with E-state index in [-0.39, 0.29) is 5.54 Å². The molecule has 0 bridgehead atoms. The maximum Gasteiger partial charge on any atom is 0.0183 e. The lowest BCUT2D eigenvalue weighted by atomic mass is 9.61. The quantitative estimate of drug-likeness (QED) is 0.565. The highest BCUT2D eigenvalue weighted by molar-refractivity contribution is 5.01. The summed E-state index contributed by atoms with van der Waals surface area (Å²) >= 11 is 0. The second-order valence-electron chi connectivity index (χ2n) is 10.5. The molecule has 0 aromatic rings. The topological polar surface area (TPSA) is 26.0 Å². The van der Waals surface area contributed by atoms with E-state index in [4.69, 9.17) is 5.73 Å². The fourth-order valence-corrected chi connectivity index (χ4v) is 7.36. The van der Waals surface area contributed by atoms with Crippen LogP contribution in [-0.2, 0) is 0 Å². The van der Waals surface area contributed by atoms with E-state index in [9.17, 15) is 0 Å². The van der Waals surface area contributed by atoms with Crippen LogP contribution in [0.5, 0.6) is 0 Å². The van der Waals surface area contributed by atoms with Gasteiger partial charge in [0.25, 0.3) is 0 Å². The average molecular weight is 332 g/mol. The largest absolute Gasteiger partial charge is 0.325 e. The smallest absolute Gasteiger partial charge is 0.0183 e. The van der Waals surface area contributed by atoms with Crippen LogP contribution in [-0.4, -0.2) is 5.54 Å². The predicted octanol–water partition coefficient (Wildman–Crippen LogP) is 6.74. The molecule has 2 spiro atoms. The minimum atomic E-state index is 0.193. The van der Waals surface area contributed by atoms with E-state index in [1.165, 1.54) is 122 Å². The van der Waals surface area contributed by atoms with E-state index >= 15 is 0 Å². The van der Waals surface area contributed by atoms with Crippen molar-refractivity contribution in [2.45, 2.75) is 128 Å². The van der Waals surface area contributed by atoms with E-state index in [1.54, 1.807) is 0 Å². The molecule has 4 rings (SSSR count). The first-order valence-corrected chi connectivity index (χ1v) is 11.4. The molecule has 24 heavy (non-hydrogen) atoms. The van der Waals surface area contributed by atoms with Crippen LogP contribution in [0, 0.1) is 16.7 Å². The zero-order chi connectivity index (χ0) is 16.5.